The Hall–Kier alpha value is -3.51. The van der Waals surface area contributed by atoms with Gasteiger partial charge in [0.25, 0.3) is 11.8 Å². The highest BCUT2D eigenvalue weighted by Crippen LogP contribution is 2.25. The number of carbonyl (C=O) groups excluding carboxylic acids is 3. The predicted molar refractivity (Wildman–Crippen MR) is 115 cm³/mol. The topological polar surface area (TPSA) is 66.5 Å². The highest BCUT2D eigenvalue weighted by Gasteiger charge is 2.36. The van der Waals surface area contributed by atoms with Gasteiger partial charge in [0, 0.05) is 4.47 Å². The Morgan fingerprint density at radius 2 is 1.38 bits per heavy atom. The number of imide groups is 2. The Morgan fingerprint density at radius 3 is 2.03 bits per heavy atom. The molecule has 1 N–H and O–H groups in total. The number of hydrogen-bond acceptors (Lipinski definition) is 3. The zero-order valence-electron chi connectivity index (χ0n) is 15.1. The molecule has 142 valence electrons. The predicted octanol–water partition coefficient (Wildman–Crippen LogP) is 4.78. The first kappa shape index (κ1) is 18.8. The van der Waals surface area contributed by atoms with Crippen molar-refractivity contribution in [1.29, 1.82) is 0 Å². The van der Waals surface area contributed by atoms with Crippen molar-refractivity contribution in [1.82, 2.24) is 5.32 Å². The molecule has 0 bridgehead atoms. The van der Waals surface area contributed by atoms with Crippen LogP contribution in [0.5, 0.6) is 0 Å². The van der Waals surface area contributed by atoms with Gasteiger partial charge in [-0.2, -0.15) is 0 Å². The Balaban J connectivity index is 1.65. The zero-order valence-corrected chi connectivity index (χ0v) is 16.7. The summed E-state index contributed by atoms with van der Waals surface area (Å²) in [6.07, 6.45) is 1.49. The third-order valence-electron chi connectivity index (χ3n) is 4.52. The summed E-state index contributed by atoms with van der Waals surface area (Å²) in [4.78, 5) is 38.4. The van der Waals surface area contributed by atoms with Crippen molar-refractivity contribution in [2.45, 2.75) is 0 Å². The van der Waals surface area contributed by atoms with Crippen LogP contribution in [0, 0.1) is 0 Å². The van der Waals surface area contributed by atoms with E-state index in [-0.39, 0.29) is 5.57 Å². The quantitative estimate of drug-likeness (QED) is 0.464. The van der Waals surface area contributed by atoms with E-state index in [1.807, 2.05) is 54.6 Å². The normalized spacial score (nSPS) is 15.6. The summed E-state index contributed by atoms with van der Waals surface area (Å²) in [6.45, 7) is 0. The van der Waals surface area contributed by atoms with Crippen molar-refractivity contribution in [3.63, 3.8) is 0 Å². The van der Waals surface area contributed by atoms with Gasteiger partial charge in [-0.05, 0) is 47.0 Å². The molecule has 1 heterocycles. The minimum atomic E-state index is -0.765. The lowest BCUT2D eigenvalue weighted by Gasteiger charge is -2.26. The Bertz CT molecular complexity index is 1120. The number of anilines is 1. The monoisotopic (exact) mass is 446 g/mol. The van der Waals surface area contributed by atoms with E-state index in [1.165, 1.54) is 6.08 Å². The third-order valence-corrected chi connectivity index (χ3v) is 5.04. The molecule has 29 heavy (non-hydrogen) atoms. The van der Waals surface area contributed by atoms with Crippen LogP contribution in [0.2, 0.25) is 0 Å². The maximum Gasteiger partial charge on any atom is 0.335 e. The Labute approximate surface area is 175 Å². The second-order valence-electron chi connectivity index (χ2n) is 6.42. The molecule has 1 saturated heterocycles. The minimum absolute atomic E-state index is 0.0972. The van der Waals surface area contributed by atoms with Crippen molar-refractivity contribution in [2.24, 2.45) is 0 Å². The van der Waals surface area contributed by atoms with E-state index in [1.54, 1.807) is 24.3 Å². The minimum Gasteiger partial charge on any atom is -0.273 e. The summed E-state index contributed by atoms with van der Waals surface area (Å²) in [5, 5.41) is 2.23. The zero-order chi connectivity index (χ0) is 20.4. The SMILES string of the molecule is O=C1NC(=O)N(c2ccc(Br)cc2)C(=O)/C1=C\c1ccc(-c2ccccc2)cc1. The second kappa shape index (κ2) is 7.85. The molecule has 0 unspecified atom stereocenters. The lowest BCUT2D eigenvalue weighted by Crippen LogP contribution is -2.54. The van der Waals surface area contributed by atoms with Crippen LogP contribution in [-0.2, 0) is 9.59 Å². The van der Waals surface area contributed by atoms with Crippen LogP contribution < -0.4 is 10.2 Å². The molecule has 0 saturated carbocycles. The third kappa shape index (κ3) is 3.88. The molecule has 5 nitrogen and oxygen atoms in total. The van der Waals surface area contributed by atoms with E-state index in [2.05, 4.69) is 21.2 Å². The molecule has 3 aromatic carbocycles. The Morgan fingerprint density at radius 1 is 0.759 bits per heavy atom. The average molecular weight is 447 g/mol. The van der Waals surface area contributed by atoms with E-state index in [9.17, 15) is 14.4 Å². The number of nitrogens with one attached hydrogen (secondary N) is 1. The lowest BCUT2D eigenvalue weighted by atomic mass is 10.0. The molecule has 4 amide bonds. The summed E-state index contributed by atoms with van der Waals surface area (Å²) in [6, 6.07) is 23.3. The van der Waals surface area contributed by atoms with E-state index in [0.717, 1.165) is 20.5 Å². The van der Waals surface area contributed by atoms with Crippen LogP contribution >= 0.6 is 15.9 Å². The highest BCUT2D eigenvalue weighted by molar-refractivity contribution is 9.10. The largest absolute Gasteiger partial charge is 0.335 e. The molecule has 1 aliphatic heterocycles. The van der Waals surface area contributed by atoms with E-state index < -0.39 is 17.8 Å². The first-order valence-electron chi connectivity index (χ1n) is 8.85. The number of amides is 4. The van der Waals surface area contributed by atoms with Gasteiger partial charge in [0.1, 0.15) is 5.57 Å². The van der Waals surface area contributed by atoms with E-state index in [0.29, 0.717) is 11.3 Å². The fourth-order valence-corrected chi connectivity index (χ4v) is 3.32. The summed E-state index contributed by atoms with van der Waals surface area (Å²) in [7, 11) is 0. The molecule has 0 aliphatic carbocycles. The van der Waals surface area contributed by atoms with Crippen molar-refractivity contribution in [2.75, 3.05) is 4.90 Å². The van der Waals surface area contributed by atoms with Gasteiger partial charge in [0.15, 0.2) is 0 Å². The number of rotatable bonds is 3. The van der Waals surface area contributed by atoms with Crippen LogP contribution in [-0.4, -0.2) is 17.8 Å². The van der Waals surface area contributed by atoms with Crippen LogP contribution in [0.3, 0.4) is 0 Å². The summed E-state index contributed by atoms with van der Waals surface area (Å²) in [5.41, 5.74) is 3.07. The van der Waals surface area contributed by atoms with Crippen molar-refractivity contribution < 1.29 is 14.4 Å². The van der Waals surface area contributed by atoms with Crippen LogP contribution in [0.4, 0.5) is 10.5 Å². The fourth-order valence-electron chi connectivity index (χ4n) is 3.05. The summed E-state index contributed by atoms with van der Waals surface area (Å²) in [5.74, 6) is -1.37. The molecule has 0 spiro atoms. The molecule has 1 fully saturated rings. The molecule has 6 heteroatoms. The molecule has 4 rings (SSSR count). The molecule has 1 aliphatic rings. The standard InChI is InChI=1S/C23H15BrN2O3/c24-18-10-12-19(13-11-18)26-22(28)20(21(27)25-23(26)29)14-15-6-8-17(9-7-15)16-4-2-1-3-5-16/h1-14H,(H,25,27,29)/b20-14-. The molecule has 0 radical (unpaired) electrons. The number of hydrogen-bond donors (Lipinski definition) is 1. The lowest BCUT2D eigenvalue weighted by molar-refractivity contribution is -0.122. The first-order valence-corrected chi connectivity index (χ1v) is 9.65. The highest BCUT2D eigenvalue weighted by atomic mass is 79.9. The Kier molecular flexibility index (Phi) is 5.10. The fraction of sp³-hybridized carbons (Fsp3) is 0. The number of benzene rings is 3. The number of barbiturate groups is 1. The van der Waals surface area contributed by atoms with Crippen molar-refractivity contribution in [3.8, 4) is 11.1 Å². The number of carbonyl (C=O) groups is 3. The number of nitrogens with zero attached hydrogens (tertiary/aromatic N) is 1. The van der Waals surface area contributed by atoms with Gasteiger partial charge >= 0.3 is 6.03 Å². The van der Waals surface area contributed by atoms with Gasteiger partial charge < -0.3 is 0 Å². The number of halogens is 1. The van der Waals surface area contributed by atoms with Crippen molar-refractivity contribution in [3.05, 3.63) is 94.5 Å². The van der Waals surface area contributed by atoms with Gasteiger partial charge in [-0.3, -0.25) is 14.9 Å². The molecule has 0 atom stereocenters. The van der Waals surface area contributed by atoms with Crippen LogP contribution in [0.1, 0.15) is 5.56 Å². The summed E-state index contributed by atoms with van der Waals surface area (Å²) < 4.78 is 0.816. The molecular weight excluding hydrogens is 432 g/mol. The van der Waals surface area contributed by atoms with Gasteiger partial charge in [-0.15, -0.1) is 0 Å². The van der Waals surface area contributed by atoms with Gasteiger partial charge in [0.05, 0.1) is 5.69 Å². The maximum atomic E-state index is 12.9. The first-order chi connectivity index (χ1) is 14.0. The van der Waals surface area contributed by atoms with Crippen LogP contribution in [0.15, 0.2) is 88.9 Å². The van der Waals surface area contributed by atoms with Gasteiger partial charge in [-0.1, -0.05) is 70.5 Å². The van der Waals surface area contributed by atoms with E-state index in [4.69, 9.17) is 0 Å². The molecule has 0 aromatic heterocycles. The summed E-state index contributed by atoms with van der Waals surface area (Å²) >= 11 is 3.32. The van der Waals surface area contributed by atoms with Crippen molar-refractivity contribution >= 4 is 45.5 Å². The molecule has 3 aromatic rings. The second-order valence-corrected chi connectivity index (χ2v) is 7.34. The maximum absolute atomic E-state index is 12.9. The smallest absolute Gasteiger partial charge is 0.273 e. The molecular formula is C23H15BrN2O3. The van der Waals surface area contributed by atoms with Gasteiger partial charge in [-0.25, -0.2) is 9.69 Å². The van der Waals surface area contributed by atoms with Gasteiger partial charge in [0.2, 0.25) is 0 Å². The average Bonchev–Trinajstić information content (AvgIpc) is 2.73. The van der Waals surface area contributed by atoms with E-state index >= 15 is 0 Å². The van der Waals surface area contributed by atoms with Crippen LogP contribution in [0.25, 0.3) is 17.2 Å². The number of urea groups is 1.